The minimum absolute atomic E-state index is 0.0989. The number of nitriles is 1. The molecule has 1 aromatic rings. The number of sulfone groups is 1. The molecule has 3 N–H and O–H groups in total. The van der Waals surface area contributed by atoms with Gasteiger partial charge in [-0.3, -0.25) is 4.99 Å². The van der Waals surface area contributed by atoms with Crippen LogP contribution in [0.2, 0.25) is 0 Å². The van der Waals surface area contributed by atoms with Crippen molar-refractivity contribution in [3.8, 4) is 11.8 Å². The van der Waals surface area contributed by atoms with Gasteiger partial charge in [-0.2, -0.15) is 5.26 Å². The first kappa shape index (κ1) is 19.9. The van der Waals surface area contributed by atoms with E-state index in [0.29, 0.717) is 17.0 Å². The number of aliphatic hydroxyl groups is 1. The number of nitrogens with zero attached hydrogens (tertiary/aromatic N) is 2. The average molecular weight is 377 g/mol. The molecule has 1 aliphatic carbocycles. The van der Waals surface area contributed by atoms with Gasteiger partial charge in [0.05, 0.1) is 23.9 Å². The predicted molar refractivity (Wildman–Crippen MR) is 99.3 cm³/mol. The van der Waals surface area contributed by atoms with Crippen LogP contribution in [-0.2, 0) is 9.84 Å². The molecule has 1 fully saturated rings. The highest BCUT2D eigenvalue weighted by Crippen LogP contribution is 2.33. The van der Waals surface area contributed by atoms with Crippen molar-refractivity contribution >= 4 is 15.5 Å². The monoisotopic (exact) mass is 377 g/mol. The second-order valence-corrected chi connectivity index (χ2v) is 8.53. The number of allylic oxidation sites excluding steroid dienone is 1. The lowest BCUT2D eigenvalue weighted by atomic mass is 9.82. The topological polar surface area (TPSA) is 126 Å². The van der Waals surface area contributed by atoms with Gasteiger partial charge in [-0.25, -0.2) is 8.42 Å². The van der Waals surface area contributed by atoms with Gasteiger partial charge in [0.25, 0.3) is 0 Å². The lowest BCUT2D eigenvalue weighted by Crippen LogP contribution is -2.27. The second kappa shape index (κ2) is 8.34. The van der Waals surface area contributed by atoms with Crippen molar-refractivity contribution in [1.82, 2.24) is 0 Å². The fraction of sp³-hybridized carbons (Fsp3) is 0.444. The van der Waals surface area contributed by atoms with E-state index in [-0.39, 0.29) is 17.4 Å². The minimum Gasteiger partial charge on any atom is -0.454 e. The molecular formula is C18H23N3O4S. The first-order valence-electron chi connectivity index (χ1n) is 8.25. The molecule has 1 aliphatic rings. The third kappa shape index (κ3) is 5.07. The van der Waals surface area contributed by atoms with E-state index in [4.69, 9.17) is 15.7 Å². The summed E-state index contributed by atoms with van der Waals surface area (Å²) >= 11 is 0. The molecule has 0 aromatic heterocycles. The number of benzene rings is 1. The van der Waals surface area contributed by atoms with Crippen molar-refractivity contribution in [3.63, 3.8) is 0 Å². The lowest BCUT2D eigenvalue weighted by Gasteiger charge is -2.28. The summed E-state index contributed by atoms with van der Waals surface area (Å²) in [7, 11) is -3.34. The van der Waals surface area contributed by atoms with E-state index in [1.807, 2.05) is 0 Å². The summed E-state index contributed by atoms with van der Waals surface area (Å²) in [4.78, 5) is 3.99. The van der Waals surface area contributed by atoms with Crippen LogP contribution in [0.4, 0.5) is 0 Å². The van der Waals surface area contributed by atoms with Gasteiger partial charge in [-0.15, -0.1) is 0 Å². The van der Waals surface area contributed by atoms with Gasteiger partial charge in [-0.05, 0) is 43.5 Å². The lowest BCUT2D eigenvalue weighted by molar-refractivity contribution is 0.331. The molecule has 0 radical (unpaired) electrons. The van der Waals surface area contributed by atoms with Gasteiger partial charge in [0.2, 0.25) is 0 Å². The van der Waals surface area contributed by atoms with E-state index in [1.165, 1.54) is 0 Å². The Morgan fingerprint density at radius 3 is 2.62 bits per heavy atom. The molecule has 0 spiro atoms. The quantitative estimate of drug-likeness (QED) is 0.550. The summed E-state index contributed by atoms with van der Waals surface area (Å²) in [5.41, 5.74) is 8.07. The van der Waals surface area contributed by atoms with Crippen molar-refractivity contribution in [2.75, 3.05) is 18.7 Å². The van der Waals surface area contributed by atoms with E-state index in [2.05, 4.69) is 11.1 Å². The van der Waals surface area contributed by atoms with Crippen molar-refractivity contribution < 1.29 is 18.3 Å². The second-order valence-electron chi connectivity index (χ2n) is 6.42. The van der Waals surface area contributed by atoms with Crippen LogP contribution in [0.5, 0.6) is 5.75 Å². The zero-order valence-electron chi connectivity index (χ0n) is 14.9. The van der Waals surface area contributed by atoms with Gasteiger partial charge in [-0.1, -0.05) is 6.42 Å². The predicted octanol–water partition coefficient (Wildman–Crippen LogP) is 1.65. The van der Waals surface area contributed by atoms with Crippen LogP contribution in [-0.4, -0.2) is 38.0 Å². The Morgan fingerprint density at radius 2 is 2.15 bits per heavy atom. The van der Waals surface area contributed by atoms with Gasteiger partial charge in [0.15, 0.2) is 15.6 Å². The number of ether oxygens (including phenoxy) is 1. The highest BCUT2D eigenvalue weighted by molar-refractivity contribution is 7.90. The number of hydrogen-bond donors (Lipinski definition) is 2. The van der Waals surface area contributed by atoms with Gasteiger partial charge < -0.3 is 15.6 Å². The van der Waals surface area contributed by atoms with Crippen LogP contribution in [0.15, 0.2) is 34.6 Å². The van der Waals surface area contributed by atoms with Gasteiger partial charge in [0.1, 0.15) is 17.3 Å². The van der Waals surface area contributed by atoms with Gasteiger partial charge in [0, 0.05) is 12.2 Å². The molecule has 0 unspecified atom stereocenters. The number of aryl methyl sites for hydroxylation is 1. The molecule has 7 nitrogen and oxygen atoms in total. The molecule has 0 atom stereocenters. The van der Waals surface area contributed by atoms with Crippen LogP contribution in [0, 0.1) is 24.2 Å². The molecule has 8 heteroatoms. The fourth-order valence-corrected chi connectivity index (χ4v) is 2.91. The van der Waals surface area contributed by atoms with Crippen molar-refractivity contribution in [1.29, 1.82) is 5.26 Å². The number of aliphatic hydroxyl groups excluding tert-OH is 1. The Labute approximate surface area is 153 Å². The molecule has 0 amide bonds. The molecule has 0 aliphatic heterocycles. The zero-order valence-corrected chi connectivity index (χ0v) is 15.7. The molecule has 1 aromatic carbocycles. The number of hydrogen-bond acceptors (Lipinski definition) is 7. The molecule has 0 saturated heterocycles. The SMILES string of the molecule is Cc1cc(OC(C(CO)=NCS(C)(=O)=O)=C(N)C2CCC2)ccc1C#N. The largest absolute Gasteiger partial charge is 0.454 e. The van der Waals surface area contributed by atoms with E-state index in [9.17, 15) is 13.5 Å². The Balaban J connectivity index is 2.41. The Morgan fingerprint density at radius 1 is 1.46 bits per heavy atom. The summed E-state index contributed by atoms with van der Waals surface area (Å²) < 4.78 is 28.7. The van der Waals surface area contributed by atoms with Crippen LogP contribution < -0.4 is 10.5 Å². The maximum absolute atomic E-state index is 11.4. The molecule has 2 rings (SSSR count). The first-order valence-corrected chi connectivity index (χ1v) is 10.3. The maximum atomic E-state index is 11.4. The Bertz CT molecular complexity index is 878. The van der Waals surface area contributed by atoms with Crippen LogP contribution in [0.1, 0.15) is 30.4 Å². The van der Waals surface area contributed by atoms with Crippen molar-refractivity contribution in [3.05, 3.63) is 40.8 Å². The fourth-order valence-electron chi connectivity index (χ4n) is 2.52. The Hall–Kier alpha value is -2.37. The Kier molecular flexibility index (Phi) is 6.40. The highest BCUT2D eigenvalue weighted by Gasteiger charge is 2.26. The summed E-state index contributed by atoms with van der Waals surface area (Å²) in [6.07, 6.45) is 3.95. The van der Waals surface area contributed by atoms with E-state index < -0.39 is 22.3 Å². The molecule has 0 bridgehead atoms. The summed E-state index contributed by atoms with van der Waals surface area (Å²) in [6.45, 7) is 1.29. The average Bonchev–Trinajstić information content (AvgIpc) is 2.51. The first-order chi connectivity index (χ1) is 12.2. The highest BCUT2D eigenvalue weighted by atomic mass is 32.2. The number of rotatable bonds is 7. The smallest absolute Gasteiger partial charge is 0.169 e. The van der Waals surface area contributed by atoms with Crippen LogP contribution in [0.3, 0.4) is 0 Å². The van der Waals surface area contributed by atoms with Crippen molar-refractivity contribution in [2.24, 2.45) is 16.6 Å². The van der Waals surface area contributed by atoms with Crippen LogP contribution in [0.25, 0.3) is 0 Å². The molecule has 140 valence electrons. The number of aliphatic imine (C=N–C) groups is 1. The summed E-state index contributed by atoms with van der Waals surface area (Å²) in [6, 6.07) is 7.04. The summed E-state index contributed by atoms with van der Waals surface area (Å²) in [5.74, 6) is 0.309. The molecule has 1 saturated carbocycles. The van der Waals surface area contributed by atoms with E-state index in [0.717, 1.165) is 31.1 Å². The third-order valence-electron chi connectivity index (χ3n) is 4.25. The van der Waals surface area contributed by atoms with Gasteiger partial charge >= 0.3 is 0 Å². The minimum atomic E-state index is -3.34. The number of nitrogens with two attached hydrogens (primary N) is 1. The van der Waals surface area contributed by atoms with Crippen LogP contribution >= 0.6 is 0 Å². The van der Waals surface area contributed by atoms with E-state index in [1.54, 1.807) is 25.1 Å². The van der Waals surface area contributed by atoms with E-state index >= 15 is 0 Å². The molecule has 26 heavy (non-hydrogen) atoms. The maximum Gasteiger partial charge on any atom is 0.169 e. The third-order valence-corrected chi connectivity index (χ3v) is 4.85. The molecule has 0 heterocycles. The zero-order chi connectivity index (χ0) is 19.3. The standard InChI is InChI=1S/C18H23N3O4S/c1-12-8-15(7-6-14(12)9-19)25-18(17(20)13-4-3-5-13)16(10-22)21-11-26(2,23)24/h6-8,13,22H,3-5,10-11,20H2,1-2H3. The van der Waals surface area contributed by atoms with Crippen molar-refractivity contribution in [2.45, 2.75) is 26.2 Å². The normalized spacial score (nSPS) is 16.5. The molecular weight excluding hydrogens is 354 g/mol. The summed E-state index contributed by atoms with van der Waals surface area (Å²) in [5, 5.41) is 18.7.